The number of rotatable bonds is 9. The number of methoxy groups -OCH3 is 1. The molecule has 0 spiro atoms. The van der Waals surface area contributed by atoms with Gasteiger partial charge in [-0.2, -0.15) is 12.7 Å². The Morgan fingerprint density at radius 1 is 1.15 bits per heavy atom. The molecule has 0 aliphatic rings. The Balaban J connectivity index is 2.74. The Kier molecular flexibility index (Phi) is 8.21. The number of nitrogens with zero attached hydrogens (tertiary/aromatic N) is 1. The first-order chi connectivity index (χ1) is 12.1. The molecule has 0 saturated heterocycles. The van der Waals surface area contributed by atoms with Crippen molar-refractivity contribution in [3.8, 4) is 0 Å². The maximum atomic E-state index is 12.6. The van der Waals surface area contributed by atoms with Gasteiger partial charge in [0.1, 0.15) is 0 Å². The van der Waals surface area contributed by atoms with E-state index >= 15 is 0 Å². The van der Waals surface area contributed by atoms with Crippen LogP contribution in [0, 0.1) is 6.92 Å². The van der Waals surface area contributed by atoms with Crippen LogP contribution in [0.5, 0.6) is 0 Å². The van der Waals surface area contributed by atoms with E-state index < -0.39 is 26.4 Å². The summed E-state index contributed by atoms with van der Waals surface area (Å²) < 4.78 is 55.9. The van der Waals surface area contributed by atoms with E-state index in [4.69, 9.17) is 0 Å². The summed E-state index contributed by atoms with van der Waals surface area (Å²) in [7, 11) is -6.94. The second kappa shape index (κ2) is 9.67. The minimum atomic E-state index is -4.06. The first-order valence-electron chi connectivity index (χ1n) is 7.57. The molecule has 1 aromatic rings. The minimum absolute atomic E-state index is 0.0246. The van der Waals surface area contributed by atoms with Gasteiger partial charge in [0.25, 0.3) is 10.0 Å². The van der Waals surface area contributed by atoms with Crippen LogP contribution in [0.1, 0.15) is 18.4 Å². The molecular weight excluding hydrogens is 384 g/mol. The molecule has 1 rings (SSSR count). The van der Waals surface area contributed by atoms with Crippen molar-refractivity contribution in [2.45, 2.75) is 24.7 Å². The fourth-order valence-corrected chi connectivity index (χ4v) is 3.51. The number of nitrogens with two attached hydrogens (primary N) is 1. The highest BCUT2D eigenvalue weighted by molar-refractivity contribution is 7.89. The number of aryl methyl sites for hydroxylation is 1. The molecule has 146 valence electrons. The molecule has 0 atom stereocenters. The fraction of sp³-hybridized carbons (Fsp3) is 0.400. The zero-order chi connectivity index (χ0) is 19.8. The van der Waals surface area contributed by atoms with E-state index in [9.17, 15) is 21.6 Å². The number of hydrogen-bond donors (Lipinski definition) is 1. The molecule has 0 radical (unpaired) electrons. The number of carbonyl (C=O) groups excluding carboxylic acids is 1. The molecule has 0 aliphatic carbocycles. The summed E-state index contributed by atoms with van der Waals surface area (Å²) in [5.41, 5.74) is 0.884. The third-order valence-corrected chi connectivity index (χ3v) is 5.43. The Hall–Kier alpha value is -1.95. The first-order valence-corrected chi connectivity index (χ1v) is 10.5. The van der Waals surface area contributed by atoms with Crippen LogP contribution in [0.4, 0.5) is 4.79 Å². The quantitative estimate of drug-likeness (QED) is 0.483. The van der Waals surface area contributed by atoms with Crippen molar-refractivity contribution in [3.05, 3.63) is 42.0 Å². The summed E-state index contributed by atoms with van der Waals surface area (Å²) in [5, 5.41) is 4.68. The lowest BCUT2D eigenvalue weighted by Gasteiger charge is -2.19. The fourth-order valence-electron chi connectivity index (χ4n) is 1.87. The van der Waals surface area contributed by atoms with Crippen LogP contribution in [0.15, 0.2) is 41.3 Å². The number of ether oxygens (including phenoxy) is 1. The molecule has 0 bridgehead atoms. The van der Waals surface area contributed by atoms with Gasteiger partial charge in [-0.25, -0.2) is 18.4 Å². The molecule has 0 saturated carbocycles. The van der Waals surface area contributed by atoms with Crippen molar-refractivity contribution in [1.29, 1.82) is 0 Å². The summed E-state index contributed by atoms with van der Waals surface area (Å²) >= 11 is 0. The highest BCUT2D eigenvalue weighted by atomic mass is 32.2. The van der Waals surface area contributed by atoms with Gasteiger partial charge in [-0.05, 0) is 31.9 Å². The third-order valence-electron chi connectivity index (χ3n) is 3.19. The zero-order valence-electron chi connectivity index (χ0n) is 14.5. The number of amides is 1. The highest BCUT2D eigenvalue weighted by Crippen LogP contribution is 2.17. The number of benzene rings is 1. The van der Waals surface area contributed by atoms with E-state index in [1.807, 2.05) is 6.92 Å². The van der Waals surface area contributed by atoms with Crippen molar-refractivity contribution >= 4 is 26.4 Å². The van der Waals surface area contributed by atoms with Crippen LogP contribution in [-0.2, 0) is 29.2 Å². The maximum Gasteiger partial charge on any atom is 0.423 e. The second-order valence-corrected chi connectivity index (χ2v) is 8.33. The van der Waals surface area contributed by atoms with Crippen LogP contribution >= 0.6 is 0 Å². The molecule has 0 fully saturated rings. The van der Waals surface area contributed by atoms with Crippen LogP contribution in [-0.4, -0.2) is 47.5 Å². The predicted molar refractivity (Wildman–Crippen MR) is 94.9 cm³/mol. The van der Waals surface area contributed by atoms with Crippen LogP contribution in [0.3, 0.4) is 0 Å². The molecule has 9 nitrogen and oxygen atoms in total. The summed E-state index contributed by atoms with van der Waals surface area (Å²) in [6, 6.07) is 6.08. The average Bonchev–Trinajstić information content (AvgIpc) is 2.56. The average molecular weight is 406 g/mol. The Labute approximate surface area is 153 Å². The van der Waals surface area contributed by atoms with E-state index in [0.717, 1.165) is 12.7 Å². The monoisotopic (exact) mass is 406 g/mol. The Morgan fingerprint density at radius 2 is 1.77 bits per heavy atom. The molecule has 0 heterocycles. The summed E-state index contributed by atoms with van der Waals surface area (Å²) in [4.78, 5) is 11.8. The lowest BCUT2D eigenvalue weighted by molar-refractivity contribution is 0.151. The van der Waals surface area contributed by atoms with Gasteiger partial charge in [-0.15, -0.1) is 0 Å². The molecule has 11 heteroatoms. The second-order valence-electron chi connectivity index (χ2n) is 5.25. The molecular formula is C15H22N2O7S2. The molecule has 26 heavy (non-hydrogen) atoms. The van der Waals surface area contributed by atoms with Gasteiger partial charge in [0, 0.05) is 0 Å². The van der Waals surface area contributed by atoms with E-state index in [2.05, 4.69) is 14.1 Å². The van der Waals surface area contributed by atoms with Crippen molar-refractivity contribution in [2.75, 3.05) is 20.3 Å². The SMILES string of the molecule is COC(=O)N(C/C=C/CCCOS(N)(=O)=O)S(=O)(=O)c1ccc(C)cc1. The molecule has 1 amide bonds. The molecule has 0 aliphatic heterocycles. The van der Waals surface area contributed by atoms with Crippen LogP contribution in [0.2, 0.25) is 0 Å². The van der Waals surface area contributed by atoms with Gasteiger partial charge in [0.15, 0.2) is 0 Å². The third kappa shape index (κ3) is 7.12. The number of sulfonamides is 1. The van der Waals surface area contributed by atoms with Gasteiger partial charge >= 0.3 is 16.4 Å². The number of hydrogen-bond acceptors (Lipinski definition) is 7. The van der Waals surface area contributed by atoms with E-state index in [1.165, 1.54) is 18.2 Å². The van der Waals surface area contributed by atoms with Gasteiger partial charge in [-0.3, -0.25) is 4.18 Å². The Bertz CT molecular complexity index is 831. The van der Waals surface area contributed by atoms with Gasteiger partial charge in [-0.1, -0.05) is 29.8 Å². The van der Waals surface area contributed by atoms with Gasteiger partial charge in [0.2, 0.25) is 0 Å². The topological polar surface area (TPSA) is 133 Å². The van der Waals surface area contributed by atoms with Crippen LogP contribution in [0.25, 0.3) is 0 Å². The largest absolute Gasteiger partial charge is 0.452 e. The molecule has 2 N–H and O–H groups in total. The van der Waals surface area contributed by atoms with Gasteiger partial charge in [0.05, 0.1) is 25.2 Å². The minimum Gasteiger partial charge on any atom is -0.452 e. The van der Waals surface area contributed by atoms with E-state index in [0.29, 0.717) is 17.1 Å². The number of allylic oxidation sites excluding steroid dienone is 1. The summed E-state index contributed by atoms with van der Waals surface area (Å²) in [6.07, 6.45) is 2.84. The number of carbonyl (C=O) groups is 1. The first kappa shape index (κ1) is 22.1. The smallest absolute Gasteiger partial charge is 0.423 e. The normalized spacial score (nSPS) is 12.3. The van der Waals surface area contributed by atoms with Crippen molar-refractivity contribution in [3.63, 3.8) is 0 Å². The lowest BCUT2D eigenvalue weighted by Crippen LogP contribution is -2.37. The van der Waals surface area contributed by atoms with Crippen molar-refractivity contribution < 1.29 is 30.6 Å². The Morgan fingerprint density at radius 3 is 2.31 bits per heavy atom. The van der Waals surface area contributed by atoms with E-state index in [-0.39, 0.29) is 18.0 Å². The summed E-state index contributed by atoms with van der Waals surface area (Å²) in [6.45, 7) is 1.50. The van der Waals surface area contributed by atoms with Crippen molar-refractivity contribution in [1.82, 2.24) is 4.31 Å². The van der Waals surface area contributed by atoms with Crippen LogP contribution < -0.4 is 5.14 Å². The summed E-state index contributed by atoms with van der Waals surface area (Å²) in [5.74, 6) is 0. The molecule has 0 aromatic heterocycles. The molecule has 1 aromatic carbocycles. The predicted octanol–water partition coefficient (Wildman–Crippen LogP) is 1.31. The van der Waals surface area contributed by atoms with Gasteiger partial charge < -0.3 is 4.74 Å². The van der Waals surface area contributed by atoms with E-state index in [1.54, 1.807) is 18.2 Å². The standard InChI is InChI=1S/C15H22N2O7S2/c1-13-7-9-14(10-8-13)25(19,20)17(15(18)23-2)11-5-3-4-6-12-24-26(16,21)22/h3,5,7-10H,4,6,11-12H2,1-2H3,(H2,16,21,22)/b5-3+. The maximum absolute atomic E-state index is 12.6. The zero-order valence-corrected chi connectivity index (χ0v) is 16.1. The highest BCUT2D eigenvalue weighted by Gasteiger charge is 2.29. The lowest BCUT2D eigenvalue weighted by atomic mass is 10.2. The molecule has 0 unspecified atom stereocenters. The number of unbranched alkanes of at least 4 members (excludes halogenated alkanes) is 1. The van der Waals surface area contributed by atoms with Crippen molar-refractivity contribution in [2.24, 2.45) is 5.14 Å².